The molecule has 0 bridgehead atoms. The predicted octanol–water partition coefficient (Wildman–Crippen LogP) is 2.63. The zero-order valence-corrected chi connectivity index (χ0v) is 14.4. The van der Waals surface area contributed by atoms with E-state index in [0.29, 0.717) is 0 Å². The minimum atomic E-state index is -3.04. The second-order valence-corrected chi connectivity index (χ2v) is 9.31. The smallest absolute Gasteiger partial charge is 0.321 e. The van der Waals surface area contributed by atoms with E-state index in [1.165, 1.54) is 10.5 Å². The first kappa shape index (κ1) is 16.8. The van der Waals surface area contributed by atoms with Gasteiger partial charge in [0.2, 0.25) is 0 Å². The molecule has 122 valence electrons. The lowest BCUT2D eigenvalue weighted by Gasteiger charge is -2.38. The van der Waals surface area contributed by atoms with Crippen LogP contribution in [0.25, 0.3) is 0 Å². The average Bonchev–Trinajstić information content (AvgIpc) is 2.36. The summed E-state index contributed by atoms with van der Waals surface area (Å²) < 4.78 is 23.4. The van der Waals surface area contributed by atoms with Crippen LogP contribution in [-0.4, -0.2) is 43.4 Å². The number of anilines is 1. The van der Waals surface area contributed by atoms with Crippen molar-refractivity contribution in [2.24, 2.45) is 0 Å². The van der Waals surface area contributed by atoms with Gasteiger partial charge in [-0.1, -0.05) is 39.8 Å². The largest absolute Gasteiger partial charge is 0.322 e. The molecular weight excluding hydrogens is 300 g/mol. The lowest BCUT2D eigenvalue weighted by molar-refractivity contribution is 0.182. The van der Waals surface area contributed by atoms with Gasteiger partial charge in [0.05, 0.1) is 5.25 Å². The summed E-state index contributed by atoms with van der Waals surface area (Å²) in [6, 6.07) is 7.49. The normalized spacial score (nSPS) is 16.3. The summed E-state index contributed by atoms with van der Waals surface area (Å²) >= 11 is 0. The summed E-state index contributed by atoms with van der Waals surface area (Å²) in [6.45, 7) is 8.60. The second kappa shape index (κ2) is 5.91. The minimum absolute atomic E-state index is 0.0712. The molecular formula is C16H24N2O3S. The van der Waals surface area contributed by atoms with Gasteiger partial charge >= 0.3 is 6.03 Å². The van der Waals surface area contributed by atoms with Crippen molar-refractivity contribution < 1.29 is 13.2 Å². The molecule has 6 heteroatoms. The molecule has 1 fully saturated rings. The summed E-state index contributed by atoms with van der Waals surface area (Å²) in [7, 11) is -3.04. The molecule has 0 atom stereocenters. The number of benzene rings is 1. The molecule has 1 aliphatic heterocycles. The Morgan fingerprint density at radius 1 is 1.23 bits per heavy atom. The highest BCUT2D eigenvalue weighted by Gasteiger charge is 2.38. The third-order valence-corrected chi connectivity index (χ3v) is 6.17. The molecule has 1 saturated heterocycles. The van der Waals surface area contributed by atoms with Gasteiger partial charge in [-0.3, -0.25) is 0 Å². The molecule has 1 aromatic rings. The van der Waals surface area contributed by atoms with Crippen molar-refractivity contribution in [2.45, 2.75) is 38.4 Å². The van der Waals surface area contributed by atoms with Crippen molar-refractivity contribution in [3.8, 4) is 0 Å². The van der Waals surface area contributed by atoms with E-state index in [2.05, 4.69) is 26.1 Å². The summed E-state index contributed by atoms with van der Waals surface area (Å²) in [5.74, 6) is 0.126. The first-order valence-electron chi connectivity index (χ1n) is 7.51. The number of nitrogens with zero attached hydrogens (tertiary/aromatic N) is 1. The maximum Gasteiger partial charge on any atom is 0.321 e. The third-order valence-electron chi connectivity index (χ3n) is 4.05. The number of carbonyl (C=O) groups excluding carboxylic acids is 1. The molecule has 1 heterocycles. The lowest BCUT2D eigenvalue weighted by Crippen LogP contribution is -2.58. The molecule has 0 saturated carbocycles. The van der Waals surface area contributed by atoms with Crippen molar-refractivity contribution in [1.29, 1.82) is 0 Å². The van der Waals surface area contributed by atoms with Crippen molar-refractivity contribution >= 4 is 21.6 Å². The SMILES string of the molecule is CCS(=O)(=O)C1CN(C(=O)Nc2ccc(C(C)(C)C)cc2)C1. The Kier molecular flexibility index (Phi) is 4.52. The van der Waals surface area contributed by atoms with Crippen LogP contribution in [0.2, 0.25) is 0 Å². The first-order chi connectivity index (χ1) is 10.1. The molecule has 0 aromatic heterocycles. The lowest BCUT2D eigenvalue weighted by atomic mass is 9.87. The second-order valence-electron chi connectivity index (χ2n) is 6.74. The molecule has 1 aromatic carbocycles. The minimum Gasteiger partial charge on any atom is -0.322 e. The van der Waals surface area contributed by atoms with Crippen molar-refractivity contribution in [3.63, 3.8) is 0 Å². The molecule has 0 unspecified atom stereocenters. The molecule has 1 aliphatic rings. The Morgan fingerprint density at radius 2 is 1.77 bits per heavy atom. The fraction of sp³-hybridized carbons (Fsp3) is 0.562. The van der Waals surface area contributed by atoms with Crippen LogP contribution in [0.15, 0.2) is 24.3 Å². The monoisotopic (exact) mass is 324 g/mol. The average molecular weight is 324 g/mol. The van der Waals surface area contributed by atoms with E-state index in [-0.39, 0.29) is 30.3 Å². The Bertz CT molecular complexity index is 639. The maximum absolute atomic E-state index is 12.1. The summed E-state index contributed by atoms with van der Waals surface area (Å²) in [5, 5.41) is 2.39. The van der Waals surface area contributed by atoms with Gasteiger partial charge in [0, 0.05) is 24.5 Å². The Hall–Kier alpha value is -1.56. The van der Waals surface area contributed by atoms with Crippen LogP contribution in [0.1, 0.15) is 33.3 Å². The molecule has 0 spiro atoms. The number of amides is 2. The van der Waals surface area contributed by atoms with E-state index in [1.807, 2.05) is 24.3 Å². The Balaban J connectivity index is 1.92. The molecule has 22 heavy (non-hydrogen) atoms. The molecule has 0 aliphatic carbocycles. The molecule has 2 rings (SSSR count). The summed E-state index contributed by atoms with van der Waals surface area (Å²) in [5.41, 5.74) is 1.99. The van der Waals surface area contributed by atoms with Crippen molar-refractivity contribution in [1.82, 2.24) is 4.90 Å². The standard InChI is InChI=1S/C16H24N2O3S/c1-5-22(20,21)14-10-18(11-14)15(19)17-13-8-6-12(7-9-13)16(2,3)4/h6-9,14H,5,10-11H2,1-4H3,(H,17,19). The predicted molar refractivity (Wildman–Crippen MR) is 89.0 cm³/mol. The summed E-state index contributed by atoms with van der Waals surface area (Å²) in [6.07, 6.45) is 0. The van der Waals surface area contributed by atoms with Crippen molar-refractivity contribution in [2.75, 3.05) is 24.2 Å². The van der Waals surface area contributed by atoms with Gasteiger partial charge in [0.1, 0.15) is 0 Å². The number of likely N-dealkylation sites (tertiary alicyclic amines) is 1. The first-order valence-corrected chi connectivity index (χ1v) is 9.23. The zero-order valence-electron chi connectivity index (χ0n) is 13.6. The zero-order chi connectivity index (χ0) is 16.5. The maximum atomic E-state index is 12.1. The number of rotatable bonds is 3. The van der Waals surface area contributed by atoms with Crippen LogP contribution in [0.4, 0.5) is 10.5 Å². The molecule has 5 nitrogen and oxygen atoms in total. The fourth-order valence-electron chi connectivity index (χ4n) is 2.32. The molecule has 2 amide bonds. The highest BCUT2D eigenvalue weighted by molar-refractivity contribution is 7.92. The van der Waals surface area contributed by atoms with Crippen LogP contribution in [0.5, 0.6) is 0 Å². The van der Waals surface area contributed by atoms with E-state index >= 15 is 0 Å². The van der Waals surface area contributed by atoms with Crippen LogP contribution in [0, 0.1) is 0 Å². The van der Waals surface area contributed by atoms with E-state index in [0.717, 1.165) is 5.69 Å². The van der Waals surface area contributed by atoms with E-state index in [1.54, 1.807) is 6.92 Å². The number of hydrogen-bond donors (Lipinski definition) is 1. The number of nitrogens with one attached hydrogen (secondary N) is 1. The van der Waals surface area contributed by atoms with Gasteiger partial charge in [-0.25, -0.2) is 13.2 Å². The number of sulfone groups is 1. The van der Waals surface area contributed by atoms with Gasteiger partial charge in [-0.05, 0) is 23.1 Å². The van der Waals surface area contributed by atoms with Crippen LogP contribution in [-0.2, 0) is 15.3 Å². The topological polar surface area (TPSA) is 66.5 Å². The highest BCUT2D eigenvalue weighted by atomic mass is 32.2. The fourth-order valence-corrected chi connectivity index (χ4v) is 3.61. The van der Waals surface area contributed by atoms with Crippen LogP contribution >= 0.6 is 0 Å². The van der Waals surface area contributed by atoms with Crippen molar-refractivity contribution in [3.05, 3.63) is 29.8 Å². The number of urea groups is 1. The quantitative estimate of drug-likeness (QED) is 0.929. The van der Waals surface area contributed by atoms with E-state index in [9.17, 15) is 13.2 Å². The van der Waals surface area contributed by atoms with Gasteiger partial charge in [0.25, 0.3) is 0 Å². The van der Waals surface area contributed by atoms with Crippen LogP contribution in [0.3, 0.4) is 0 Å². The Labute approximate surface area is 132 Å². The number of carbonyl (C=O) groups is 1. The van der Waals surface area contributed by atoms with Gasteiger partial charge < -0.3 is 10.2 Å². The van der Waals surface area contributed by atoms with Gasteiger partial charge in [-0.15, -0.1) is 0 Å². The third kappa shape index (κ3) is 3.61. The van der Waals surface area contributed by atoms with Gasteiger partial charge in [0.15, 0.2) is 9.84 Å². The van der Waals surface area contributed by atoms with E-state index < -0.39 is 15.1 Å². The summed E-state index contributed by atoms with van der Waals surface area (Å²) in [4.78, 5) is 13.6. The van der Waals surface area contributed by atoms with Crippen LogP contribution < -0.4 is 5.32 Å². The number of hydrogen-bond acceptors (Lipinski definition) is 3. The van der Waals surface area contributed by atoms with E-state index in [4.69, 9.17) is 0 Å². The van der Waals surface area contributed by atoms with Gasteiger partial charge in [-0.2, -0.15) is 0 Å². The highest BCUT2D eigenvalue weighted by Crippen LogP contribution is 2.24. The molecule has 0 radical (unpaired) electrons. The Morgan fingerprint density at radius 3 is 2.23 bits per heavy atom. The molecule has 1 N–H and O–H groups in total.